The molecule has 0 spiro atoms. The van der Waals surface area contributed by atoms with E-state index in [1.165, 1.54) is 5.56 Å². The van der Waals surface area contributed by atoms with Crippen molar-refractivity contribution in [1.82, 2.24) is 10.2 Å². The number of benzene rings is 3. The summed E-state index contributed by atoms with van der Waals surface area (Å²) in [5, 5.41) is 3.92. The van der Waals surface area contributed by atoms with E-state index in [0.717, 1.165) is 42.4 Å². The van der Waals surface area contributed by atoms with E-state index >= 15 is 0 Å². The third kappa shape index (κ3) is 7.94. The molecule has 1 aliphatic rings. The second-order valence-electron chi connectivity index (χ2n) is 10.7. The summed E-state index contributed by atoms with van der Waals surface area (Å²) < 4.78 is 0. The number of nitrogens with zero attached hydrogens (tertiary/aromatic N) is 1. The Hall–Kier alpha value is -3.11. The maximum Gasteiger partial charge on any atom is 0.243 e. The normalized spacial score (nSPS) is 14.4. The molecule has 1 fully saturated rings. The number of hydrogen-bond donors (Lipinski definition) is 1. The van der Waals surface area contributed by atoms with Crippen LogP contribution in [0.1, 0.15) is 74.1 Å². The molecule has 0 bridgehead atoms. The molecule has 0 radical (unpaired) electrons. The molecule has 3 aromatic carbocycles. The minimum absolute atomic E-state index is 0.0182. The van der Waals surface area contributed by atoms with Crippen molar-refractivity contribution in [3.8, 4) is 0 Å². The molecule has 1 atom stereocenters. The molecule has 0 aliphatic heterocycles. The highest BCUT2D eigenvalue weighted by Crippen LogP contribution is 2.22. The zero-order chi connectivity index (χ0) is 26.9. The van der Waals surface area contributed by atoms with E-state index in [-0.39, 0.29) is 17.9 Å². The highest BCUT2D eigenvalue weighted by molar-refractivity contribution is 6.30. The van der Waals surface area contributed by atoms with Gasteiger partial charge < -0.3 is 10.2 Å². The minimum Gasteiger partial charge on any atom is -0.352 e. The van der Waals surface area contributed by atoms with Crippen molar-refractivity contribution in [2.45, 2.75) is 83.3 Å². The first-order chi connectivity index (χ1) is 18.4. The Morgan fingerprint density at radius 3 is 2.13 bits per heavy atom. The van der Waals surface area contributed by atoms with Gasteiger partial charge in [-0.15, -0.1) is 0 Å². The van der Waals surface area contributed by atoms with E-state index < -0.39 is 6.04 Å². The first-order valence-electron chi connectivity index (χ1n) is 13.9. The summed E-state index contributed by atoms with van der Waals surface area (Å²) in [5.74, 6) is 0.386. The molecule has 5 heteroatoms. The van der Waals surface area contributed by atoms with Gasteiger partial charge in [-0.1, -0.05) is 105 Å². The van der Waals surface area contributed by atoms with Crippen molar-refractivity contribution in [2.24, 2.45) is 0 Å². The molecular weight excluding hydrogens is 492 g/mol. The second-order valence-corrected chi connectivity index (χ2v) is 11.2. The predicted octanol–water partition coefficient (Wildman–Crippen LogP) is 7.09. The second kappa shape index (κ2) is 13.6. The van der Waals surface area contributed by atoms with Gasteiger partial charge in [0.2, 0.25) is 11.8 Å². The van der Waals surface area contributed by atoms with Gasteiger partial charge in [0.25, 0.3) is 0 Å². The van der Waals surface area contributed by atoms with Crippen LogP contribution in [0.3, 0.4) is 0 Å². The molecule has 0 saturated heterocycles. The third-order valence-corrected chi connectivity index (χ3v) is 7.76. The first-order valence-corrected chi connectivity index (χ1v) is 14.2. The fraction of sp³-hybridized carbons (Fsp3) is 0.394. The van der Waals surface area contributed by atoms with Gasteiger partial charge in [0.1, 0.15) is 6.04 Å². The molecule has 3 aromatic rings. The Labute approximate surface area is 232 Å². The molecule has 2 amide bonds. The SMILES string of the molecule is CC(C)c1ccc(CCC(=O)N(Cc2ccc(Cl)cc2)C(Cc2ccccc2)C(=O)NC2CCCC2)cc1. The van der Waals surface area contributed by atoms with Crippen molar-refractivity contribution < 1.29 is 9.59 Å². The monoisotopic (exact) mass is 530 g/mol. The van der Waals surface area contributed by atoms with Gasteiger partial charge in [0.05, 0.1) is 0 Å². The van der Waals surface area contributed by atoms with Crippen LogP contribution >= 0.6 is 11.6 Å². The Kier molecular flexibility index (Phi) is 10.0. The van der Waals surface area contributed by atoms with Crippen LogP contribution in [0.2, 0.25) is 5.02 Å². The summed E-state index contributed by atoms with van der Waals surface area (Å²) in [5.41, 5.74) is 4.41. The molecule has 4 nitrogen and oxygen atoms in total. The van der Waals surface area contributed by atoms with Crippen LogP contribution < -0.4 is 5.32 Å². The van der Waals surface area contributed by atoms with Crippen molar-refractivity contribution in [1.29, 1.82) is 0 Å². The molecule has 4 rings (SSSR count). The highest BCUT2D eigenvalue weighted by Gasteiger charge is 2.32. The van der Waals surface area contributed by atoms with Crippen molar-refractivity contribution in [3.63, 3.8) is 0 Å². The van der Waals surface area contributed by atoms with E-state index in [0.29, 0.717) is 36.7 Å². The zero-order valence-corrected chi connectivity index (χ0v) is 23.3. The average molecular weight is 531 g/mol. The summed E-state index contributed by atoms with van der Waals surface area (Å²) in [6.07, 6.45) is 5.73. The fourth-order valence-electron chi connectivity index (χ4n) is 5.17. The molecule has 0 aromatic heterocycles. The van der Waals surface area contributed by atoms with Gasteiger partial charge in [-0.3, -0.25) is 9.59 Å². The largest absolute Gasteiger partial charge is 0.352 e. The van der Waals surface area contributed by atoms with E-state index in [1.807, 2.05) is 54.6 Å². The number of rotatable bonds is 11. The molecule has 38 heavy (non-hydrogen) atoms. The number of hydrogen-bond acceptors (Lipinski definition) is 2. The number of amides is 2. The van der Waals surface area contributed by atoms with Crippen LogP contribution in [0.5, 0.6) is 0 Å². The summed E-state index contributed by atoms with van der Waals surface area (Å²) >= 11 is 6.13. The van der Waals surface area contributed by atoms with Gasteiger partial charge in [-0.05, 0) is 59.6 Å². The number of halogens is 1. The summed E-state index contributed by atoms with van der Waals surface area (Å²) in [4.78, 5) is 29.4. The zero-order valence-electron chi connectivity index (χ0n) is 22.5. The van der Waals surface area contributed by atoms with E-state index in [4.69, 9.17) is 11.6 Å². The van der Waals surface area contributed by atoms with Crippen molar-refractivity contribution in [2.75, 3.05) is 0 Å². The summed E-state index contributed by atoms with van der Waals surface area (Å²) in [6, 6.07) is 25.6. The number of nitrogens with one attached hydrogen (secondary N) is 1. The van der Waals surface area contributed by atoms with Gasteiger partial charge in [-0.25, -0.2) is 0 Å². The molecule has 1 aliphatic carbocycles. The fourth-order valence-corrected chi connectivity index (χ4v) is 5.30. The molecule has 1 saturated carbocycles. The molecular formula is C33H39ClN2O2. The highest BCUT2D eigenvalue weighted by atomic mass is 35.5. The molecule has 200 valence electrons. The smallest absolute Gasteiger partial charge is 0.243 e. The van der Waals surface area contributed by atoms with E-state index in [1.54, 1.807) is 4.90 Å². The Balaban J connectivity index is 1.58. The lowest BCUT2D eigenvalue weighted by molar-refractivity contribution is -0.141. The van der Waals surface area contributed by atoms with Crippen LogP contribution in [-0.4, -0.2) is 28.8 Å². The topological polar surface area (TPSA) is 49.4 Å². The van der Waals surface area contributed by atoms with Crippen molar-refractivity contribution in [3.05, 3.63) is 106 Å². The molecule has 0 heterocycles. The maximum absolute atomic E-state index is 13.9. The van der Waals surface area contributed by atoms with Crippen molar-refractivity contribution >= 4 is 23.4 Å². The summed E-state index contributed by atoms with van der Waals surface area (Å²) in [6.45, 7) is 4.71. The number of carbonyl (C=O) groups is 2. The van der Waals surface area contributed by atoms with Crippen LogP contribution in [0.25, 0.3) is 0 Å². The van der Waals surface area contributed by atoms with Crippen LogP contribution in [0, 0.1) is 0 Å². The maximum atomic E-state index is 13.9. The first kappa shape index (κ1) is 27.9. The Morgan fingerprint density at radius 2 is 1.50 bits per heavy atom. The quantitative estimate of drug-likeness (QED) is 0.287. The minimum atomic E-state index is -0.593. The lowest BCUT2D eigenvalue weighted by Gasteiger charge is -2.32. The standard InChI is InChI=1S/C33H39ClN2O2/c1-24(2)28-17-12-25(13-18-28)16-21-32(37)36(23-27-14-19-29(34)20-15-27)31(22-26-8-4-3-5-9-26)33(38)35-30-10-6-7-11-30/h3-5,8-9,12-15,17-20,24,30-31H,6-7,10-11,16,21-23H2,1-2H3,(H,35,38). The van der Waals surface area contributed by atoms with Gasteiger partial charge >= 0.3 is 0 Å². The van der Waals surface area contributed by atoms with E-state index in [2.05, 4.69) is 43.4 Å². The lowest BCUT2D eigenvalue weighted by Crippen LogP contribution is -2.52. The number of aryl methyl sites for hydroxylation is 1. The van der Waals surface area contributed by atoms with E-state index in [9.17, 15) is 9.59 Å². The van der Waals surface area contributed by atoms with Gasteiger partial charge in [0.15, 0.2) is 0 Å². The predicted molar refractivity (Wildman–Crippen MR) is 155 cm³/mol. The average Bonchev–Trinajstić information content (AvgIpc) is 3.44. The summed E-state index contributed by atoms with van der Waals surface area (Å²) in [7, 11) is 0. The van der Waals surface area contributed by atoms with Crippen LogP contribution in [0.15, 0.2) is 78.9 Å². The van der Waals surface area contributed by atoms with Gasteiger partial charge in [-0.2, -0.15) is 0 Å². The third-order valence-electron chi connectivity index (χ3n) is 7.51. The molecule has 1 unspecified atom stereocenters. The Bertz CT molecular complexity index is 1170. The Morgan fingerprint density at radius 1 is 0.868 bits per heavy atom. The number of carbonyl (C=O) groups excluding carboxylic acids is 2. The lowest BCUT2D eigenvalue weighted by atomic mass is 9.99. The van der Waals surface area contributed by atoms with Gasteiger partial charge in [0, 0.05) is 30.5 Å². The van der Waals surface area contributed by atoms with Crippen LogP contribution in [-0.2, 0) is 29.0 Å². The van der Waals surface area contributed by atoms with Crippen LogP contribution in [0.4, 0.5) is 0 Å². The molecule has 1 N–H and O–H groups in total.